The second kappa shape index (κ2) is 6.03. The Balaban J connectivity index is 2.93. The molecule has 0 atom stereocenters. The Labute approximate surface area is 116 Å². The Morgan fingerprint density at radius 2 is 1.68 bits per heavy atom. The lowest BCUT2D eigenvalue weighted by molar-refractivity contribution is 0.311. The zero-order valence-corrected chi connectivity index (χ0v) is 13.2. The fraction of sp³-hybridized carbons (Fsp3) is 0.571. The third kappa shape index (κ3) is 4.60. The van der Waals surface area contributed by atoms with Crippen LogP contribution in [-0.2, 0) is 16.6 Å². The van der Waals surface area contributed by atoms with Gasteiger partial charge in [0.05, 0.1) is 4.90 Å². The van der Waals surface area contributed by atoms with Crippen molar-refractivity contribution in [3.8, 4) is 0 Å². The molecule has 0 radical (unpaired) electrons. The zero-order chi connectivity index (χ0) is 14.7. The van der Waals surface area contributed by atoms with Crippen molar-refractivity contribution in [1.82, 2.24) is 9.62 Å². The van der Waals surface area contributed by atoms with Gasteiger partial charge in [0.15, 0.2) is 0 Å². The lowest BCUT2D eigenvalue weighted by atomic mass is 9.97. The smallest absolute Gasteiger partial charge is 0.242 e. The summed E-state index contributed by atoms with van der Waals surface area (Å²) in [5.41, 5.74) is 1.01. The highest BCUT2D eigenvalue weighted by atomic mass is 32.2. The van der Waals surface area contributed by atoms with Gasteiger partial charge in [-0.15, -0.1) is 0 Å². The minimum absolute atomic E-state index is 0.0616. The van der Waals surface area contributed by atoms with Crippen molar-refractivity contribution in [3.05, 3.63) is 29.8 Å². The van der Waals surface area contributed by atoms with Gasteiger partial charge in [0.2, 0.25) is 10.0 Å². The highest BCUT2D eigenvalue weighted by molar-refractivity contribution is 7.89. The zero-order valence-electron chi connectivity index (χ0n) is 12.4. The van der Waals surface area contributed by atoms with Crippen LogP contribution in [0, 0.1) is 5.41 Å². The monoisotopic (exact) mass is 284 g/mol. The summed E-state index contributed by atoms with van der Waals surface area (Å²) in [7, 11) is 0.0990. The lowest BCUT2D eigenvalue weighted by Crippen LogP contribution is -2.34. The molecule has 1 aromatic rings. The first kappa shape index (κ1) is 16.1. The molecule has 0 fully saturated rings. The molecule has 0 aromatic heterocycles. The van der Waals surface area contributed by atoms with Gasteiger partial charge in [-0.05, 0) is 30.2 Å². The summed E-state index contributed by atoms with van der Waals surface area (Å²) in [5, 5.41) is 3.04. The van der Waals surface area contributed by atoms with Gasteiger partial charge in [0, 0.05) is 20.1 Å². The second-order valence-electron chi connectivity index (χ2n) is 6.00. The minimum atomic E-state index is -3.39. The van der Waals surface area contributed by atoms with Crippen LogP contribution in [0.2, 0.25) is 0 Å². The number of rotatable bonds is 5. The maximum Gasteiger partial charge on any atom is 0.242 e. The average molecular weight is 284 g/mol. The average Bonchev–Trinajstić information content (AvgIpc) is 2.28. The highest BCUT2D eigenvalue weighted by Gasteiger charge is 2.24. The molecule has 1 N–H and O–H groups in total. The van der Waals surface area contributed by atoms with E-state index in [0.29, 0.717) is 11.4 Å². The Hall–Kier alpha value is -0.910. The first-order chi connectivity index (χ1) is 8.66. The SMILES string of the molecule is CNCc1ccc(S(=O)(=O)N(C)CC(C)(C)C)cc1. The van der Waals surface area contributed by atoms with Crippen molar-refractivity contribution in [2.75, 3.05) is 20.6 Å². The molecule has 1 rings (SSSR count). The molecular weight excluding hydrogens is 260 g/mol. The molecule has 4 nitrogen and oxygen atoms in total. The number of hydrogen-bond donors (Lipinski definition) is 1. The molecule has 19 heavy (non-hydrogen) atoms. The largest absolute Gasteiger partial charge is 0.316 e. The molecule has 0 bridgehead atoms. The van der Waals surface area contributed by atoms with Crippen LogP contribution in [0.4, 0.5) is 0 Å². The van der Waals surface area contributed by atoms with Gasteiger partial charge in [-0.2, -0.15) is 0 Å². The molecule has 0 heterocycles. The maximum atomic E-state index is 12.4. The molecular formula is C14H24N2O2S. The molecule has 0 aliphatic carbocycles. The first-order valence-electron chi connectivity index (χ1n) is 6.37. The van der Waals surface area contributed by atoms with Crippen LogP contribution in [0.15, 0.2) is 29.2 Å². The summed E-state index contributed by atoms with van der Waals surface area (Å²) in [4.78, 5) is 0.346. The van der Waals surface area contributed by atoms with Gasteiger partial charge in [-0.3, -0.25) is 0 Å². The van der Waals surface area contributed by atoms with E-state index < -0.39 is 10.0 Å². The predicted octanol–water partition coefficient (Wildman–Crippen LogP) is 2.07. The summed E-state index contributed by atoms with van der Waals surface area (Å²) in [6, 6.07) is 7.02. The van der Waals surface area contributed by atoms with E-state index >= 15 is 0 Å². The second-order valence-corrected chi connectivity index (χ2v) is 8.04. The summed E-state index contributed by atoms with van der Waals surface area (Å²) < 4.78 is 26.2. The molecule has 0 aliphatic heterocycles. The van der Waals surface area contributed by atoms with Crippen molar-refractivity contribution in [2.24, 2.45) is 5.41 Å². The number of nitrogens with one attached hydrogen (secondary N) is 1. The highest BCUT2D eigenvalue weighted by Crippen LogP contribution is 2.21. The first-order valence-corrected chi connectivity index (χ1v) is 7.81. The third-order valence-electron chi connectivity index (χ3n) is 2.71. The summed E-state index contributed by atoms with van der Waals surface area (Å²) >= 11 is 0. The van der Waals surface area contributed by atoms with Crippen molar-refractivity contribution in [2.45, 2.75) is 32.2 Å². The number of benzene rings is 1. The summed E-state index contributed by atoms with van der Waals surface area (Å²) in [5.74, 6) is 0. The van der Waals surface area contributed by atoms with Crippen LogP contribution in [0.1, 0.15) is 26.3 Å². The van der Waals surface area contributed by atoms with E-state index in [4.69, 9.17) is 0 Å². The molecule has 0 spiro atoms. The van der Waals surface area contributed by atoms with Crippen LogP contribution in [0.3, 0.4) is 0 Å². The molecule has 0 amide bonds. The normalized spacial score (nSPS) is 12.9. The lowest BCUT2D eigenvalue weighted by Gasteiger charge is -2.26. The number of nitrogens with zero attached hydrogens (tertiary/aromatic N) is 1. The molecule has 1 aromatic carbocycles. The maximum absolute atomic E-state index is 12.4. The standard InChI is InChI=1S/C14H24N2O2S/c1-14(2,3)11-16(5)19(17,18)13-8-6-12(7-9-13)10-15-4/h6-9,15H,10-11H2,1-5H3. The van der Waals surface area contributed by atoms with Crippen LogP contribution < -0.4 is 5.32 Å². The molecule has 0 saturated heterocycles. The molecule has 108 valence electrons. The molecule has 0 unspecified atom stereocenters. The number of sulfonamides is 1. The fourth-order valence-corrected chi connectivity index (χ4v) is 3.31. The van der Waals surface area contributed by atoms with Crippen molar-refractivity contribution >= 4 is 10.0 Å². The van der Waals surface area contributed by atoms with Gasteiger partial charge < -0.3 is 5.32 Å². The molecule has 0 saturated carbocycles. The van der Waals surface area contributed by atoms with Crippen molar-refractivity contribution in [3.63, 3.8) is 0 Å². The van der Waals surface area contributed by atoms with E-state index in [1.54, 1.807) is 19.2 Å². The van der Waals surface area contributed by atoms with Crippen LogP contribution in [0.5, 0.6) is 0 Å². The van der Waals surface area contributed by atoms with Crippen LogP contribution in [-0.4, -0.2) is 33.4 Å². The predicted molar refractivity (Wildman–Crippen MR) is 78.5 cm³/mol. The Morgan fingerprint density at radius 1 is 1.16 bits per heavy atom. The van der Waals surface area contributed by atoms with Crippen molar-refractivity contribution in [1.29, 1.82) is 0 Å². The van der Waals surface area contributed by atoms with E-state index in [1.807, 2.05) is 40.0 Å². The fourth-order valence-electron chi connectivity index (χ4n) is 1.92. The van der Waals surface area contributed by atoms with Gasteiger partial charge in [-0.1, -0.05) is 32.9 Å². The molecule has 0 aliphatic rings. The van der Waals surface area contributed by atoms with Crippen LogP contribution >= 0.6 is 0 Å². The Kier molecular flexibility index (Phi) is 5.12. The van der Waals surface area contributed by atoms with Gasteiger partial charge >= 0.3 is 0 Å². The van der Waals surface area contributed by atoms with E-state index in [2.05, 4.69) is 5.32 Å². The topological polar surface area (TPSA) is 49.4 Å². The van der Waals surface area contributed by atoms with E-state index in [-0.39, 0.29) is 5.41 Å². The Morgan fingerprint density at radius 3 is 2.11 bits per heavy atom. The molecule has 5 heteroatoms. The quantitative estimate of drug-likeness (QED) is 0.900. The van der Waals surface area contributed by atoms with Gasteiger partial charge in [0.25, 0.3) is 0 Å². The Bertz CT molecular complexity index is 501. The van der Waals surface area contributed by atoms with Gasteiger partial charge in [-0.25, -0.2) is 12.7 Å². The van der Waals surface area contributed by atoms with E-state index in [0.717, 1.165) is 12.1 Å². The van der Waals surface area contributed by atoms with E-state index in [1.165, 1.54) is 4.31 Å². The summed E-state index contributed by atoms with van der Waals surface area (Å²) in [6.07, 6.45) is 0. The third-order valence-corrected chi connectivity index (χ3v) is 4.53. The summed E-state index contributed by atoms with van der Waals surface area (Å²) in [6.45, 7) is 7.30. The van der Waals surface area contributed by atoms with Gasteiger partial charge in [0.1, 0.15) is 0 Å². The van der Waals surface area contributed by atoms with E-state index in [9.17, 15) is 8.42 Å². The minimum Gasteiger partial charge on any atom is -0.316 e. The van der Waals surface area contributed by atoms with Crippen LogP contribution in [0.25, 0.3) is 0 Å². The number of hydrogen-bond acceptors (Lipinski definition) is 3. The van der Waals surface area contributed by atoms with Crippen molar-refractivity contribution < 1.29 is 8.42 Å².